The van der Waals surface area contributed by atoms with Crippen LogP contribution in [0.25, 0.3) is 0 Å². The highest BCUT2D eigenvalue weighted by atomic mass is 32.1. The second-order valence-electron chi connectivity index (χ2n) is 6.90. The molecule has 0 fully saturated rings. The predicted octanol–water partition coefficient (Wildman–Crippen LogP) is 3.15. The fourth-order valence-corrected chi connectivity index (χ4v) is 3.26. The lowest BCUT2D eigenvalue weighted by atomic mass is 10.1. The monoisotopic (exact) mass is 403 g/mol. The second kappa shape index (κ2) is 9.54. The summed E-state index contributed by atoms with van der Waals surface area (Å²) in [6.45, 7) is 8.95. The Morgan fingerprint density at radius 3 is 2.61 bits per heavy atom. The van der Waals surface area contributed by atoms with Gasteiger partial charge in [-0.1, -0.05) is 32.4 Å². The normalized spacial score (nSPS) is 10.7. The van der Waals surface area contributed by atoms with Crippen molar-refractivity contribution in [2.75, 3.05) is 22.5 Å². The number of unbranched alkanes of at least 4 members (excludes halogenated alkanes) is 1. The minimum Gasteiger partial charge on any atom is -0.383 e. The minimum atomic E-state index is -0.534. The van der Waals surface area contributed by atoms with E-state index in [1.165, 1.54) is 4.57 Å². The summed E-state index contributed by atoms with van der Waals surface area (Å²) < 4.78 is 1.41. The number of rotatable bonds is 7. The Morgan fingerprint density at radius 2 is 1.96 bits per heavy atom. The molecular weight excluding hydrogens is 374 g/mol. The van der Waals surface area contributed by atoms with Crippen LogP contribution < -0.4 is 27.2 Å². The molecule has 1 heterocycles. The highest BCUT2D eigenvalue weighted by Gasteiger charge is 2.22. The van der Waals surface area contributed by atoms with E-state index in [0.29, 0.717) is 18.2 Å². The molecule has 0 bridgehead atoms. The Hall–Kier alpha value is -2.61. The van der Waals surface area contributed by atoms with Gasteiger partial charge in [0.15, 0.2) is 10.8 Å². The Labute approximate surface area is 170 Å². The summed E-state index contributed by atoms with van der Waals surface area (Å²) >= 11 is 5.61. The van der Waals surface area contributed by atoms with E-state index in [1.807, 2.05) is 45.9 Å². The molecule has 152 valence electrons. The molecule has 0 saturated heterocycles. The Balaban J connectivity index is 2.48. The summed E-state index contributed by atoms with van der Waals surface area (Å²) in [5, 5.41) is 3.60. The fraction of sp³-hybridized carbons (Fsp3) is 0.450. The number of nitrogens with two attached hydrogens (primary N) is 1. The zero-order chi connectivity index (χ0) is 20.8. The van der Waals surface area contributed by atoms with Crippen LogP contribution in [0.5, 0.6) is 0 Å². The van der Waals surface area contributed by atoms with Gasteiger partial charge in [-0.3, -0.25) is 14.3 Å². The van der Waals surface area contributed by atoms with Gasteiger partial charge in [0.25, 0.3) is 5.56 Å². The van der Waals surface area contributed by atoms with Crippen molar-refractivity contribution < 1.29 is 0 Å². The zero-order valence-electron chi connectivity index (χ0n) is 17.0. The molecule has 2 aromatic rings. The fourth-order valence-electron chi connectivity index (χ4n) is 2.97. The number of anilines is 3. The molecular formula is C20H29N5O2S. The third-order valence-electron chi connectivity index (χ3n) is 4.55. The van der Waals surface area contributed by atoms with Gasteiger partial charge in [-0.05, 0) is 56.1 Å². The van der Waals surface area contributed by atoms with Crippen LogP contribution in [-0.2, 0) is 6.54 Å². The molecule has 0 spiro atoms. The van der Waals surface area contributed by atoms with Gasteiger partial charge in [0.05, 0.1) is 0 Å². The van der Waals surface area contributed by atoms with E-state index >= 15 is 0 Å². The van der Waals surface area contributed by atoms with Crippen molar-refractivity contribution in [1.82, 2.24) is 9.55 Å². The van der Waals surface area contributed by atoms with Crippen molar-refractivity contribution in [2.24, 2.45) is 0 Å². The molecule has 0 unspecified atom stereocenters. The van der Waals surface area contributed by atoms with Crippen LogP contribution in [0.2, 0.25) is 0 Å². The summed E-state index contributed by atoms with van der Waals surface area (Å²) in [7, 11) is 0. The zero-order valence-corrected chi connectivity index (χ0v) is 17.8. The summed E-state index contributed by atoms with van der Waals surface area (Å²) in [4.78, 5) is 28.9. The Bertz CT molecular complexity index is 964. The lowest BCUT2D eigenvalue weighted by Crippen LogP contribution is -2.43. The lowest BCUT2D eigenvalue weighted by molar-refractivity contribution is 0.604. The first-order chi connectivity index (χ1) is 13.3. The van der Waals surface area contributed by atoms with Crippen molar-refractivity contribution in [3.63, 3.8) is 0 Å². The average Bonchev–Trinajstić information content (AvgIpc) is 2.63. The lowest BCUT2D eigenvalue weighted by Gasteiger charge is -2.27. The van der Waals surface area contributed by atoms with Crippen LogP contribution in [0.3, 0.4) is 0 Å². The Kier molecular flexibility index (Phi) is 7.39. The molecule has 0 saturated carbocycles. The van der Waals surface area contributed by atoms with E-state index in [4.69, 9.17) is 18.0 Å². The maximum absolute atomic E-state index is 12.6. The molecule has 1 aromatic carbocycles. The van der Waals surface area contributed by atoms with E-state index in [1.54, 1.807) is 4.90 Å². The van der Waals surface area contributed by atoms with Crippen LogP contribution >= 0.6 is 12.2 Å². The summed E-state index contributed by atoms with van der Waals surface area (Å²) in [5.41, 5.74) is 8.45. The number of hydrogen-bond donors (Lipinski definition) is 3. The topological polar surface area (TPSA) is 96.2 Å². The standard InChI is InChI=1S/C20H29N5O2S/c1-5-7-11-25-17(21)16(18(26)23-19(25)27)24(10-6-2)20(28)22-15-12-13(3)8-9-14(15)4/h8-9,12H,5-7,10-11,21H2,1-4H3,(H,22,28)(H,23,26,27). The molecule has 0 aliphatic carbocycles. The summed E-state index contributed by atoms with van der Waals surface area (Å²) in [6, 6.07) is 6.04. The number of thiocarbonyl (C=S) groups is 1. The van der Waals surface area contributed by atoms with Crippen molar-refractivity contribution in [2.45, 2.75) is 53.5 Å². The van der Waals surface area contributed by atoms with Gasteiger partial charge >= 0.3 is 5.69 Å². The first-order valence-electron chi connectivity index (χ1n) is 9.58. The quantitative estimate of drug-likeness (QED) is 0.615. The number of H-pyrrole nitrogens is 1. The van der Waals surface area contributed by atoms with Gasteiger partial charge in [-0.15, -0.1) is 0 Å². The average molecular weight is 404 g/mol. The molecule has 0 aliphatic rings. The maximum atomic E-state index is 12.6. The highest BCUT2D eigenvalue weighted by molar-refractivity contribution is 7.80. The molecule has 0 amide bonds. The molecule has 28 heavy (non-hydrogen) atoms. The van der Waals surface area contributed by atoms with Gasteiger partial charge in [-0.25, -0.2) is 4.79 Å². The van der Waals surface area contributed by atoms with Crippen LogP contribution in [0.15, 0.2) is 27.8 Å². The third kappa shape index (κ3) is 4.81. The molecule has 2 rings (SSSR count). The van der Waals surface area contributed by atoms with Gasteiger partial charge in [-0.2, -0.15) is 0 Å². The molecule has 0 atom stereocenters. The van der Waals surface area contributed by atoms with E-state index in [9.17, 15) is 9.59 Å². The van der Waals surface area contributed by atoms with Gasteiger partial charge in [0, 0.05) is 18.8 Å². The highest BCUT2D eigenvalue weighted by Crippen LogP contribution is 2.21. The molecule has 1 aromatic heterocycles. The number of nitrogens with zero attached hydrogens (tertiary/aromatic N) is 2. The van der Waals surface area contributed by atoms with E-state index in [-0.39, 0.29) is 11.5 Å². The number of nitrogens with one attached hydrogen (secondary N) is 2. The van der Waals surface area contributed by atoms with Crippen LogP contribution in [0, 0.1) is 13.8 Å². The number of aromatic amines is 1. The maximum Gasteiger partial charge on any atom is 0.330 e. The number of nitrogen functional groups attached to an aromatic ring is 1. The van der Waals surface area contributed by atoms with Crippen LogP contribution in [0.4, 0.5) is 17.2 Å². The molecule has 0 radical (unpaired) electrons. The second-order valence-corrected chi connectivity index (χ2v) is 7.29. The molecule has 0 aliphatic heterocycles. The first kappa shape index (κ1) is 21.7. The Morgan fingerprint density at radius 1 is 1.25 bits per heavy atom. The van der Waals surface area contributed by atoms with Crippen molar-refractivity contribution >= 4 is 34.5 Å². The van der Waals surface area contributed by atoms with E-state index in [2.05, 4.69) is 10.3 Å². The van der Waals surface area contributed by atoms with Crippen molar-refractivity contribution in [3.05, 3.63) is 50.2 Å². The SMILES string of the molecule is CCCCn1c(N)c(N(CCC)C(=S)Nc2cc(C)ccc2C)c(=O)[nH]c1=O. The third-order valence-corrected chi connectivity index (χ3v) is 4.87. The summed E-state index contributed by atoms with van der Waals surface area (Å²) in [6.07, 6.45) is 2.45. The van der Waals surface area contributed by atoms with Crippen LogP contribution in [-0.4, -0.2) is 21.2 Å². The van der Waals surface area contributed by atoms with E-state index < -0.39 is 11.2 Å². The number of aromatic nitrogens is 2. The minimum absolute atomic E-state index is 0.140. The largest absolute Gasteiger partial charge is 0.383 e. The number of aryl methyl sites for hydroxylation is 2. The number of benzene rings is 1. The van der Waals surface area contributed by atoms with Gasteiger partial charge < -0.3 is 16.0 Å². The number of hydrogen-bond acceptors (Lipinski definition) is 4. The van der Waals surface area contributed by atoms with E-state index in [0.717, 1.165) is 36.1 Å². The molecule has 4 N–H and O–H groups in total. The smallest absolute Gasteiger partial charge is 0.330 e. The van der Waals surface area contributed by atoms with Gasteiger partial charge in [0.2, 0.25) is 0 Å². The van der Waals surface area contributed by atoms with Crippen molar-refractivity contribution in [3.8, 4) is 0 Å². The van der Waals surface area contributed by atoms with Crippen LogP contribution in [0.1, 0.15) is 44.2 Å². The summed E-state index contributed by atoms with van der Waals surface area (Å²) in [5.74, 6) is 0.140. The van der Waals surface area contributed by atoms with Gasteiger partial charge in [0.1, 0.15) is 5.82 Å². The molecule has 8 heteroatoms. The molecule has 7 nitrogen and oxygen atoms in total. The first-order valence-corrected chi connectivity index (χ1v) is 9.99. The predicted molar refractivity (Wildman–Crippen MR) is 120 cm³/mol. The van der Waals surface area contributed by atoms with Crippen molar-refractivity contribution in [1.29, 1.82) is 0 Å².